The summed E-state index contributed by atoms with van der Waals surface area (Å²) >= 11 is 0. The van der Waals surface area contributed by atoms with E-state index in [1.165, 1.54) is 12.1 Å². The first kappa shape index (κ1) is 14.8. The third-order valence-electron chi connectivity index (χ3n) is 3.69. The Labute approximate surface area is 119 Å². The van der Waals surface area contributed by atoms with Gasteiger partial charge in [-0.2, -0.15) is 0 Å². The van der Waals surface area contributed by atoms with Crippen molar-refractivity contribution in [3.63, 3.8) is 0 Å². The predicted molar refractivity (Wildman–Crippen MR) is 76.9 cm³/mol. The standard InChI is InChI=1S/C15H22FN3O/c1-12(2)18-7-9-19(10-8-18)15(20)17-11-13-3-5-14(16)6-4-13/h3-6,12H,7-11H2,1-2H3,(H,17,20). The Hall–Kier alpha value is -1.62. The molecule has 0 spiro atoms. The second kappa shape index (κ2) is 6.70. The lowest BCUT2D eigenvalue weighted by atomic mass is 10.2. The maximum absolute atomic E-state index is 12.8. The van der Waals surface area contributed by atoms with Crippen LogP contribution in [0, 0.1) is 5.82 Å². The van der Waals surface area contributed by atoms with Crippen molar-refractivity contribution in [1.82, 2.24) is 15.1 Å². The number of amides is 2. The van der Waals surface area contributed by atoms with Gasteiger partial charge in [0.15, 0.2) is 0 Å². The number of nitrogens with one attached hydrogen (secondary N) is 1. The van der Waals surface area contributed by atoms with Crippen molar-refractivity contribution in [2.75, 3.05) is 26.2 Å². The van der Waals surface area contributed by atoms with Crippen LogP contribution in [0.1, 0.15) is 19.4 Å². The summed E-state index contributed by atoms with van der Waals surface area (Å²) in [5.41, 5.74) is 0.903. The van der Waals surface area contributed by atoms with E-state index in [1.807, 2.05) is 4.90 Å². The molecule has 1 heterocycles. The molecule has 1 saturated heterocycles. The van der Waals surface area contributed by atoms with E-state index in [-0.39, 0.29) is 11.8 Å². The molecule has 0 radical (unpaired) electrons. The van der Waals surface area contributed by atoms with Crippen LogP contribution in [0.4, 0.5) is 9.18 Å². The summed E-state index contributed by atoms with van der Waals surface area (Å²) in [7, 11) is 0. The summed E-state index contributed by atoms with van der Waals surface area (Å²) in [5.74, 6) is -0.259. The highest BCUT2D eigenvalue weighted by Crippen LogP contribution is 2.07. The first-order chi connectivity index (χ1) is 9.56. The van der Waals surface area contributed by atoms with Crippen molar-refractivity contribution in [3.8, 4) is 0 Å². The van der Waals surface area contributed by atoms with Crippen molar-refractivity contribution >= 4 is 6.03 Å². The van der Waals surface area contributed by atoms with Crippen LogP contribution in [-0.4, -0.2) is 48.1 Å². The Morgan fingerprint density at radius 2 is 1.80 bits per heavy atom. The summed E-state index contributed by atoms with van der Waals surface area (Å²) in [4.78, 5) is 16.2. The van der Waals surface area contributed by atoms with E-state index in [1.54, 1.807) is 12.1 Å². The fourth-order valence-corrected chi connectivity index (χ4v) is 2.33. The molecule has 0 atom stereocenters. The molecule has 1 N–H and O–H groups in total. The van der Waals surface area contributed by atoms with E-state index in [0.29, 0.717) is 12.6 Å². The Morgan fingerprint density at radius 3 is 2.35 bits per heavy atom. The number of carbonyl (C=O) groups is 1. The van der Waals surface area contributed by atoms with E-state index in [9.17, 15) is 9.18 Å². The fraction of sp³-hybridized carbons (Fsp3) is 0.533. The minimum absolute atomic E-state index is 0.0438. The summed E-state index contributed by atoms with van der Waals surface area (Å²) in [6.45, 7) is 8.13. The topological polar surface area (TPSA) is 35.6 Å². The van der Waals surface area contributed by atoms with E-state index in [4.69, 9.17) is 0 Å². The highest BCUT2D eigenvalue weighted by atomic mass is 19.1. The van der Waals surface area contributed by atoms with Gasteiger partial charge in [-0.15, -0.1) is 0 Å². The zero-order valence-electron chi connectivity index (χ0n) is 12.1. The smallest absolute Gasteiger partial charge is 0.317 e. The number of urea groups is 1. The van der Waals surface area contributed by atoms with Gasteiger partial charge in [0.2, 0.25) is 0 Å². The Bertz CT molecular complexity index is 439. The molecule has 0 unspecified atom stereocenters. The summed E-state index contributed by atoms with van der Waals surface area (Å²) in [6.07, 6.45) is 0. The van der Waals surface area contributed by atoms with Crippen molar-refractivity contribution in [1.29, 1.82) is 0 Å². The maximum atomic E-state index is 12.8. The third kappa shape index (κ3) is 3.93. The highest BCUT2D eigenvalue weighted by Gasteiger charge is 2.21. The number of halogens is 1. The zero-order valence-corrected chi connectivity index (χ0v) is 12.1. The van der Waals surface area contributed by atoms with Crippen LogP contribution in [0.5, 0.6) is 0 Å². The molecule has 2 rings (SSSR count). The van der Waals surface area contributed by atoms with Gasteiger partial charge in [-0.1, -0.05) is 12.1 Å². The van der Waals surface area contributed by atoms with Crippen LogP contribution in [0.15, 0.2) is 24.3 Å². The largest absolute Gasteiger partial charge is 0.334 e. The van der Waals surface area contributed by atoms with Gasteiger partial charge in [0.1, 0.15) is 5.82 Å². The van der Waals surface area contributed by atoms with Gasteiger partial charge in [-0.05, 0) is 31.5 Å². The summed E-state index contributed by atoms with van der Waals surface area (Å²) in [6, 6.07) is 6.67. The van der Waals surface area contributed by atoms with E-state index in [2.05, 4.69) is 24.1 Å². The normalized spacial score (nSPS) is 16.5. The number of piperazine rings is 1. The molecule has 1 aromatic carbocycles. The van der Waals surface area contributed by atoms with Gasteiger partial charge in [-0.3, -0.25) is 4.90 Å². The van der Waals surface area contributed by atoms with Crippen LogP contribution in [0.25, 0.3) is 0 Å². The molecule has 1 aromatic rings. The molecule has 5 heteroatoms. The number of rotatable bonds is 3. The molecule has 20 heavy (non-hydrogen) atoms. The molecule has 0 bridgehead atoms. The monoisotopic (exact) mass is 279 g/mol. The minimum Gasteiger partial charge on any atom is -0.334 e. The van der Waals surface area contributed by atoms with E-state index >= 15 is 0 Å². The summed E-state index contributed by atoms with van der Waals surface area (Å²) < 4.78 is 12.8. The second-order valence-electron chi connectivity index (χ2n) is 5.40. The predicted octanol–water partition coefficient (Wildman–Crippen LogP) is 2.06. The van der Waals surface area contributed by atoms with Gasteiger partial charge in [-0.25, -0.2) is 9.18 Å². The van der Waals surface area contributed by atoms with Crippen LogP contribution in [0.2, 0.25) is 0 Å². The van der Waals surface area contributed by atoms with Crippen molar-refractivity contribution in [2.24, 2.45) is 0 Å². The molecule has 2 amide bonds. The van der Waals surface area contributed by atoms with E-state index < -0.39 is 0 Å². The Morgan fingerprint density at radius 1 is 1.20 bits per heavy atom. The molecule has 1 fully saturated rings. The van der Waals surface area contributed by atoms with Gasteiger partial charge < -0.3 is 10.2 Å². The number of benzene rings is 1. The lowest BCUT2D eigenvalue weighted by Crippen LogP contribution is -2.53. The molecule has 0 aliphatic carbocycles. The number of hydrogen-bond donors (Lipinski definition) is 1. The van der Waals surface area contributed by atoms with Crippen LogP contribution >= 0.6 is 0 Å². The van der Waals surface area contributed by atoms with Gasteiger partial charge in [0, 0.05) is 38.8 Å². The first-order valence-corrected chi connectivity index (χ1v) is 7.07. The summed E-state index contributed by atoms with van der Waals surface area (Å²) in [5, 5.41) is 2.88. The quantitative estimate of drug-likeness (QED) is 0.919. The SMILES string of the molecule is CC(C)N1CCN(C(=O)NCc2ccc(F)cc2)CC1. The van der Waals surface area contributed by atoms with Crippen molar-refractivity contribution in [3.05, 3.63) is 35.6 Å². The number of hydrogen-bond acceptors (Lipinski definition) is 2. The van der Waals surface area contributed by atoms with Gasteiger partial charge in [0.05, 0.1) is 0 Å². The maximum Gasteiger partial charge on any atom is 0.317 e. The Kier molecular flexibility index (Phi) is 4.95. The lowest BCUT2D eigenvalue weighted by molar-refractivity contribution is 0.119. The third-order valence-corrected chi connectivity index (χ3v) is 3.69. The van der Waals surface area contributed by atoms with Crippen LogP contribution < -0.4 is 5.32 Å². The fourth-order valence-electron chi connectivity index (χ4n) is 2.33. The molecule has 4 nitrogen and oxygen atoms in total. The average molecular weight is 279 g/mol. The van der Waals surface area contributed by atoms with Gasteiger partial charge >= 0.3 is 6.03 Å². The minimum atomic E-state index is -0.259. The average Bonchev–Trinajstić information content (AvgIpc) is 2.46. The van der Waals surface area contributed by atoms with Gasteiger partial charge in [0.25, 0.3) is 0 Å². The molecule has 1 aliphatic heterocycles. The molecular weight excluding hydrogens is 257 g/mol. The van der Waals surface area contributed by atoms with Crippen molar-refractivity contribution < 1.29 is 9.18 Å². The molecule has 0 aromatic heterocycles. The highest BCUT2D eigenvalue weighted by molar-refractivity contribution is 5.74. The molecule has 1 aliphatic rings. The van der Waals surface area contributed by atoms with Crippen LogP contribution in [0.3, 0.4) is 0 Å². The molecule has 0 saturated carbocycles. The zero-order chi connectivity index (χ0) is 14.5. The Balaban J connectivity index is 1.77. The molecule has 110 valence electrons. The lowest BCUT2D eigenvalue weighted by Gasteiger charge is -2.36. The first-order valence-electron chi connectivity index (χ1n) is 7.07. The molecular formula is C15H22FN3O. The van der Waals surface area contributed by atoms with Crippen molar-refractivity contribution in [2.45, 2.75) is 26.4 Å². The number of carbonyl (C=O) groups excluding carboxylic acids is 1. The second-order valence-corrected chi connectivity index (χ2v) is 5.40. The number of nitrogens with zero attached hydrogens (tertiary/aromatic N) is 2. The van der Waals surface area contributed by atoms with Crippen LogP contribution in [-0.2, 0) is 6.54 Å². The van der Waals surface area contributed by atoms with E-state index in [0.717, 1.165) is 31.7 Å².